The average molecular weight is 711 g/mol. The molecule has 0 saturated heterocycles. The number of benzene rings is 7. The van der Waals surface area contributed by atoms with Gasteiger partial charge in [0, 0.05) is 43.2 Å². The molecular formula is C49H46N2OS. The molecule has 0 unspecified atom stereocenters. The first-order chi connectivity index (χ1) is 25.9. The Morgan fingerprint density at radius 1 is 0.547 bits per heavy atom. The molecule has 0 bridgehead atoms. The van der Waals surface area contributed by atoms with E-state index in [0.29, 0.717) is 6.54 Å². The minimum absolute atomic E-state index is 0.598. The van der Waals surface area contributed by atoms with Crippen molar-refractivity contribution in [1.82, 2.24) is 0 Å². The van der Waals surface area contributed by atoms with E-state index in [1.807, 2.05) is 96.3 Å². The first-order valence-electron chi connectivity index (χ1n) is 18.0. The Balaban J connectivity index is 0.000000122. The Kier molecular flexibility index (Phi) is 12.5. The van der Waals surface area contributed by atoms with Crippen LogP contribution in [0.15, 0.2) is 180 Å². The predicted molar refractivity (Wildman–Crippen MR) is 231 cm³/mol. The van der Waals surface area contributed by atoms with Crippen LogP contribution in [0.4, 0.5) is 0 Å². The van der Waals surface area contributed by atoms with Crippen molar-refractivity contribution in [3.8, 4) is 11.1 Å². The number of furan rings is 1. The molecular weight excluding hydrogens is 665 g/mol. The molecule has 0 aliphatic rings. The minimum Gasteiger partial charge on any atom is -0.456 e. The molecule has 0 amide bonds. The van der Waals surface area contributed by atoms with Crippen LogP contribution in [-0.2, 0) is 6.54 Å². The monoisotopic (exact) mass is 710 g/mol. The van der Waals surface area contributed by atoms with Crippen LogP contribution in [0.3, 0.4) is 0 Å². The predicted octanol–water partition coefficient (Wildman–Crippen LogP) is 13.5. The third-order valence-electron chi connectivity index (χ3n) is 8.87. The molecule has 9 aromatic rings. The van der Waals surface area contributed by atoms with Crippen LogP contribution in [0.5, 0.6) is 0 Å². The lowest BCUT2D eigenvalue weighted by molar-refractivity contribution is 0.668. The number of fused-ring (bicyclic) bond motifs is 6. The second-order valence-electron chi connectivity index (χ2n) is 12.9. The molecule has 53 heavy (non-hydrogen) atoms. The van der Waals surface area contributed by atoms with Crippen molar-refractivity contribution in [2.75, 3.05) is 0 Å². The van der Waals surface area contributed by atoms with Gasteiger partial charge in [0.2, 0.25) is 0 Å². The molecule has 0 saturated carbocycles. The van der Waals surface area contributed by atoms with Crippen LogP contribution in [0.2, 0.25) is 0 Å². The first-order valence-corrected chi connectivity index (χ1v) is 18.9. The number of hydrogen-bond acceptors (Lipinski definition) is 4. The highest BCUT2D eigenvalue weighted by Gasteiger charge is 2.05. The highest BCUT2D eigenvalue weighted by atomic mass is 32.1. The second kappa shape index (κ2) is 18.0. The molecule has 0 spiro atoms. The van der Waals surface area contributed by atoms with Crippen LogP contribution >= 0.6 is 11.3 Å². The van der Waals surface area contributed by atoms with Gasteiger partial charge in [0.05, 0.1) is 0 Å². The fourth-order valence-electron chi connectivity index (χ4n) is 6.14. The summed E-state index contributed by atoms with van der Waals surface area (Å²) in [5.74, 6) is 0. The normalized spacial score (nSPS) is 11.0. The second-order valence-corrected chi connectivity index (χ2v) is 14.0. The number of allylic oxidation sites excluding steroid dienone is 1. The molecule has 7 aromatic carbocycles. The third-order valence-corrected chi connectivity index (χ3v) is 10.0. The lowest BCUT2D eigenvalue weighted by atomic mass is 10.0. The Bertz CT molecular complexity index is 2450. The van der Waals surface area contributed by atoms with Gasteiger partial charge in [0.15, 0.2) is 0 Å². The van der Waals surface area contributed by atoms with Gasteiger partial charge >= 0.3 is 0 Å². The molecule has 264 valence electrons. The number of hydrogen-bond donors (Lipinski definition) is 2. The van der Waals surface area contributed by atoms with Gasteiger partial charge < -0.3 is 15.9 Å². The van der Waals surface area contributed by atoms with E-state index in [1.54, 1.807) is 0 Å². The molecule has 2 heterocycles. The van der Waals surface area contributed by atoms with Crippen molar-refractivity contribution in [3.63, 3.8) is 0 Å². The molecule has 4 N–H and O–H groups in total. The van der Waals surface area contributed by atoms with Crippen molar-refractivity contribution in [2.24, 2.45) is 11.5 Å². The fraction of sp³-hybridized carbons (Fsp3) is 0.102. The van der Waals surface area contributed by atoms with E-state index in [-0.39, 0.29) is 0 Å². The van der Waals surface area contributed by atoms with E-state index < -0.39 is 0 Å². The number of aryl methyl sites for hydroxylation is 2. The van der Waals surface area contributed by atoms with Gasteiger partial charge in [-0.3, -0.25) is 0 Å². The molecule has 2 aromatic heterocycles. The molecule has 9 rings (SSSR count). The summed E-state index contributed by atoms with van der Waals surface area (Å²) in [5.41, 5.74) is 21.5. The van der Waals surface area contributed by atoms with Crippen molar-refractivity contribution in [2.45, 2.75) is 33.7 Å². The summed E-state index contributed by atoms with van der Waals surface area (Å²) in [6.07, 6.45) is 3.01. The largest absolute Gasteiger partial charge is 0.456 e. The van der Waals surface area contributed by atoms with Crippen LogP contribution in [0, 0.1) is 13.8 Å². The first kappa shape index (κ1) is 36.8. The number of thiophene rings is 1. The summed E-state index contributed by atoms with van der Waals surface area (Å²) in [4.78, 5) is 0. The van der Waals surface area contributed by atoms with Gasteiger partial charge in [-0.2, -0.15) is 0 Å². The van der Waals surface area contributed by atoms with Crippen molar-refractivity contribution in [3.05, 3.63) is 198 Å². The smallest absolute Gasteiger partial charge is 0.135 e. The summed E-state index contributed by atoms with van der Waals surface area (Å²) in [6, 6.07) is 58.4. The van der Waals surface area contributed by atoms with Crippen molar-refractivity contribution < 1.29 is 4.42 Å². The van der Waals surface area contributed by atoms with Gasteiger partial charge in [0.25, 0.3) is 0 Å². The van der Waals surface area contributed by atoms with Crippen molar-refractivity contribution in [1.29, 1.82) is 0 Å². The minimum atomic E-state index is 0.598. The van der Waals surface area contributed by atoms with Gasteiger partial charge in [-0.25, -0.2) is 0 Å². The molecule has 0 radical (unpaired) electrons. The Hall–Kier alpha value is -5.94. The summed E-state index contributed by atoms with van der Waals surface area (Å²) in [6.45, 7) is 6.90. The Morgan fingerprint density at radius 3 is 1.87 bits per heavy atom. The maximum absolute atomic E-state index is 5.77. The van der Waals surface area contributed by atoms with Crippen molar-refractivity contribution >= 4 is 59.1 Å². The van der Waals surface area contributed by atoms with E-state index in [9.17, 15) is 0 Å². The quantitative estimate of drug-likeness (QED) is 0.191. The van der Waals surface area contributed by atoms with Gasteiger partial charge in [-0.15, -0.1) is 11.3 Å². The summed E-state index contributed by atoms with van der Waals surface area (Å²) < 4.78 is 8.51. The molecule has 0 fully saturated rings. The molecule has 4 heteroatoms. The highest BCUT2D eigenvalue weighted by molar-refractivity contribution is 7.25. The Labute approximate surface area is 316 Å². The lowest BCUT2D eigenvalue weighted by Crippen LogP contribution is -1.95. The number of para-hydroxylation sites is 1. The zero-order valence-corrected chi connectivity index (χ0v) is 31.4. The lowest BCUT2D eigenvalue weighted by Gasteiger charge is -2.03. The standard InChI is InChI=1S/C13H13N.C13H10O.C13H10S.C10H13N/c14-10-11-5-4-8-13(9-11)12-6-2-1-3-7-12;2*1-9-6-7-11-10-4-2-3-5-12(10)14-13(11)8-9;1-2-6-10(11)9-7-4-3-5-8-9/h1-9H,10,14H2;2*2-8H,1H3;3-8H,2,11H2,1H3/b;;;10-6-. The van der Waals surface area contributed by atoms with E-state index in [0.717, 1.165) is 28.8 Å². The zero-order chi connectivity index (χ0) is 37.0. The topological polar surface area (TPSA) is 65.2 Å². The molecule has 0 atom stereocenters. The summed E-state index contributed by atoms with van der Waals surface area (Å²) in [7, 11) is 0. The SMILES string of the molecule is CC/C=C(\N)c1ccccc1.Cc1ccc2c(c1)oc1ccccc12.Cc1ccc2c(c1)sc1ccccc12.NCc1cccc(-c2ccccc2)c1. The maximum atomic E-state index is 5.77. The fourth-order valence-corrected chi connectivity index (χ4v) is 7.35. The van der Waals surface area contributed by atoms with Gasteiger partial charge in [-0.1, -0.05) is 153 Å². The molecule has 0 aliphatic carbocycles. The zero-order valence-electron chi connectivity index (χ0n) is 30.6. The van der Waals surface area contributed by atoms with E-state index in [4.69, 9.17) is 15.9 Å². The number of rotatable bonds is 4. The molecule has 3 nitrogen and oxygen atoms in total. The van der Waals surface area contributed by atoms with E-state index >= 15 is 0 Å². The highest BCUT2D eigenvalue weighted by Crippen LogP contribution is 2.34. The third kappa shape index (κ3) is 9.49. The summed E-state index contributed by atoms with van der Waals surface area (Å²) in [5, 5.41) is 5.16. The summed E-state index contributed by atoms with van der Waals surface area (Å²) >= 11 is 1.88. The van der Waals surface area contributed by atoms with Crippen LogP contribution < -0.4 is 11.5 Å². The van der Waals surface area contributed by atoms with Crippen LogP contribution in [-0.4, -0.2) is 0 Å². The molecule has 0 aliphatic heterocycles. The number of nitrogens with two attached hydrogens (primary N) is 2. The van der Waals surface area contributed by atoms with Crippen LogP contribution in [0.25, 0.3) is 58.9 Å². The van der Waals surface area contributed by atoms with E-state index in [2.05, 4.69) is 112 Å². The van der Waals surface area contributed by atoms with Gasteiger partial charge in [-0.05, 0) is 84.0 Å². The van der Waals surface area contributed by atoms with Crippen LogP contribution in [0.1, 0.15) is 35.6 Å². The Morgan fingerprint density at radius 2 is 1.13 bits per heavy atom. The van der Waals surface area contributed by atoms with E-state index in [1.165, 1.54) is 58.8 Å². The average Bonchev–Trinajstić information content (AvgIpc) is 3.76. The maximum Gasteiger partial charge on any atom is 0.135 e. The van der Waals surface area contributed by atoms with Gasteiger partial charge in [0.1, 0.15) is 11.2 Å².